The SMILES string of the molecule is Cc1cccc(CNc2ccccc2NCC2C=CC=CC2)c1. The zero-order valence-electron chi connectivity index (χ0n) is 13.6. The highest BCUT2D eigenvalue weighted by molar-refractivity contribution is 5.68. The van der Waals surface area contributed by atoms with Gasteiger partial charge in [-0.05, 0) is 37.0 Å². The lowest BCUT2D eigenvalue weighted by Crippen LogP contribution is -2.14. The van der Waals surface area contributed by atoms with Crippen LogP contribution in [0.4, 0.5) is 11.4 Å². The molecule has 1 atom stereocenters. The number of aryl methyl sites for hydroxylation is 1. The van der Waals surface area contributed by atoms with Crippen molar-refractivity contribution in [1.29, 1.82) is 0 Å². The number of anilines is 2. The van der Waals surface area contributed by atoms with E-state index in [1.807, 2.05) is 0 Å². The first-order valence-electron chi connectivity index (χ1n) is 8.27. The zero-order chi connectivity index (χ0) is 15.9. The van der Waals surface area contributed by atoms with Crippen LogP contribution in [-0.4, -0.2) is 6.54 Å². The molecule has 1 aliphatic carbocycles. The Kier molecular flexibility index (Phi) is 5.15. The van der Waals surface area contributed by atoms with E-state index >= 15 is 0 Å². The van der Waals surface area contributed by atoms with Gasteiger partial charge in [0.2, 0.25) is 0 Å². The third-order valence-corrected chi connectivity index (χ3v) is 4.12. The van der Waals surface area contributed by atoms with Gasteiger partial charge in [0.15, 0.2) is 0 Å². The maximum atomic E-state index is 3.58. The average molecular weight is 304 g/mol. The van der Waals surface area contributed by atoms with E-state index in [9.17, 15) is 0 Å². The molecule has 0 fully saturated rings. The van der Waals surface area contributed by atoms with Crippen molar-refractivity contribution in [3.63, 3.8) is 0 Å². The van der Waals surface area contributed by atoms with Crippen molar-refractivity contribution in [2.75, 3.05) is 17.2 Å². The van der Waals surface area contributed by atoms with Crippen LogP contribution in [0.5, 0.6) is 0 Å². The Balaban J connectivity index is 1.61. The second kappa shape index (κ2) is 7.68. The lowest BCUT2D eigenvalue weighted by atomic mass is 10.0. The molecule has 0 aromatic heterocycles. The molecule has 118 valence electrons. The fourth-order valence-corrected chi connectivity index (χ4v) is 2.84. The highest BCUT2D eigenvalue weighted by Crippen LogP contribution is 2.23. The normalized spacial score (nSPS) is 16.3. The molecule has 2 heteroatoms. The van der Waals surface area contributed by atoms with Gasteiger partial charge in [-0.1, -0.05) is 66.3 Å². The van der Waals surface area contributed by atoms with Gasteiger partial charge in [-0.25, -0.2) is 0 Å². The van der Waals surface area contributed by atoms with Crippen molar-refractivity contribution < 1.29 is 0 Å². The molecule has 2 nitrogen and oxygen atoms in total. The molecule has 0 radical (unpaired) electrons. The van der Waals surface area contributed by atoms with Crippen LogP contribution in [0, 0.1) is 12.8 Å². The molecule has 2 N–H and O–H groups in total. The molecule has 1 unspecified atom stereocenters. The predicted octanol–water partition coefficient (Wildman–Crippen LogP) is 5.15. The van der Waals surface area contributed by atoms with Crippen LogP contribution >= 0.6 is 0 Å². The Hall–Kier alpha value is -2.48. The molecule has 1 aliphatic rings. The lowest BCUT2D eigenvalue weighted by Gasteiger charge is -2.18. The van der Waals surface area contributed by atoms with Gasteiger partial charge in [0.1, 0.15) is 0 Å². The third-order valence-electron chi connectivity index (χ3n) is 4.12. The fourth-order valence-electron chi connectivity index (χ4n) is 2.84. The number of hydrogen-bond acceptors (Lipinski definition) is 2. The topological polar surface area (TPSA) is 24.1 Å². The Morgan fingerprint density at radius 1 is 0.957 bits per heavy atom. The Labute approximate surface area is 138 Å². The minimum absolute atomic E-state index is 0.574. The summed E-state index contributed by atoms with van der Waals surface area (Å²) in [6, 6.07) is 17.1. The van der Waals surface area contributed by atoms with Crippen molar-refractivity contribution in [1.82, 2.24) is 0 Å². The summed E-state index contributed by atoms with van der Waals surface area (Å²) in [4.78, 5) is 0. The molecule has 23 heavy (non-hydrogen) atoms. The summed E-state index contributed by atoms with van der Waals surface area (Å²) in [6.45, 7) is 3.93. The number of hydrogen-bond donors (Lipinski definition) is 2. The van der Waals surface area contributed by atoms with Gasteiger partial charge in [-0.3, -0.25) is 0 Å². The van der Waals surface area contributed by atoms with E-state index in [0.717, 1.165) is 25.2 Å². The number of para-hydroxylation sites is 2. The molecule has 0 saturated heterocycles. The smallest absolute Gasteiger partial charge is 0.0578 e. The molecule has 0 spiro atoms. The Morgan fingerprint density at radius 3 is 2.52 bits per heavy atom. The van der Waals surface area contributed by atoms with E-state index < -0.39 is 0 Å². The van der Waals surface area contributed by atoms with Crippen LogP contribution < -0.4 is 10.6 Å². The van der Waals surface area contributed by atoms with Gasteiger partial charge >= 0.3 is 0 Å². The van der Waals surface area contributed by atoms with Crippen molar-refractivity contribution in [3.8, 4) is 0 Å². The van der Waals surface area contributed by atoms with E-state index in [-0.39, 0.29) is 0 Å². The van der Waals surface area contributed by atoms with Crippen LogP contribution in [0.25, 0.3) is 0 Å². The van der Waals surface area contributed by atoms with Gasteiger partial charge < -0.3 is 10.6 Å². The van der Waals surface area contributed by atoms with E-state index in [4.69, 9.17) is 0 Å². The second-order valence-electron chi connectivity index (χ2n) is 6.08. The van der Waals surface area contributed by atoms with Crippen LogP contribution in [0.15, 0.2) is 72.8 Å². The van der Waals surface area contributed by atoms with E-state index in [0.29, 0.717) is 5.92 Å². The van der Waals surface area contributed by atoms with Gasteiger partial charge in [0, 0.05) is 13.1 Å². The standard InChI is InChI=1S/C21H24N2/c1-17-8-7-11-19(14-17)16-23-21-13-6-5-12-20(21)22-15-18-9-3-2-4-10-18/h2-9,11-14,18,22-23H,10,15-16H2,1H3. The summed E-state index contributed by atoms with van der Waals surface area (Å²) < 4.78 is 0. The lowest BCUT2D eigenvalue weighted by molar-refractivity contribution is 0.692. The first kappa shape index (κ1) is 15.4. The minimum Gasteiger partial charge on any atom is -0.383 e. The van der Waals surface area contributed by atoms with Gasteiger partial charge in [-0.15, -0.1) is 0 Å². The number of nitrogens with one attached hydrogen (secondary N) is 2. The molecule has 0 saturated carbocycles. The predicted molar refractivity (Wildman–Crippen MR) is 99.8 cm³/mol. The minimum atomic E-state index is 0.574. The van der Waals surface area contributed by atoms with Gasteiger partial charge in [0.05, 0.1) is 11.4 Å². The number of benzene rings is 2. The van der Waals surface area contributed by atoms with Crippen molar-refractivity contribution in [3.05, 3.63) is 84.0 Å². The van der Waals surface area contributed by atoms with Crippen LogP contribution in [-0.2, 0) is 6.54 Å². The molecule has 0 bridgehead atoms. The van der Waals surface area contributed by atoms with Crippen LogP contribution in [0.2, 0.25) is 0 Å². The molecular weight excluding hydrogens is 280 g/mol. The largest absolute Gasteiger partial charge is 0.383 e. The van der Waals surface area contributed by atoms with Crippen molar-refractivity contribution >= 4 is 11.4 Å². The van der Waals surface area contributed by atoms with E-state index in [2.05, 4.69) is 90.4 Å². The molecule has 0 amide bonds. The van der Waals surface area contributed by atoms with E-state index in [1.165, 1.54) is 16.8 Å². The fraction of sp³-hybridized carbons (Fsp3) is 0.238. The summed E-state index contributed by atoms with van der Waals surface area (Å²) in [5, 5.41) is 7.13. The summed E-state index contributed by atoms with van der Waals surface area (Å²) in [6.07, 6.45) is 9.87. The molecule has 0 heterocycles. The maximum Gasteiger partial charge on any atom is 0.0578 e. The Bertz CT molecular complexity index is 700. The molecule has 0 aliphatic heterocycles. The first-order chi connectivity index (χ1) is 11.3. The second-order valence-corrected chi connectivity index (χ2v) is 6.08. The number of allylic oxidation sites excluding steroid dienone is 3. The maximum absolute atomic E-state index is 3.58. The molecular formula is C21H24N2. The van der Waals surface area contributed by atoms with Gasteiger partial charge in [0.25, 0.3) is 0 Å². The highest BCUT2D eigenvalue weighted by Gasteiger charge is 2.07. The summed E-state index contributed by atoms with van der Waals surface area (Å²) in [7, 11) is 0. The average Bonchev–Trinajstić information content (AvgIpc) is 2.60. The molecule has 2 aromatic rings. The number of rotatable bonds is 6. The first-order valence-corrected chi connectivity index (χ1v) is 8.27. The van der Waals surface area contributed by atoms with Crippen molar-refractivity contribution in [2.45, 2.75) is 19.9 Å². The zero-order valence-corrected chi connectivity index (χ0v) is 13.6. The quantitative estimate of drug-likeness (QED) is 0.771. The summed E-state index contributed by atoms with van der Waals surface area (Å²) >= 11 is 0. The summed E-state index contributed by atoms with van der Waals surface area (Å²) in [5.41, 5.74) is 4.93. The third kappa shape index (κ3) is 4.49. The molecule has 3 rings (SSSR count). The van der Waals surface area contributed by atoms with Crippen LogP contribution in [0.3, 0.4) is 0 Å². The van der Waals surface area contributed by atoms with Crippen LogP contribution in [0.1, 0.15) is 17.5 Å². The van der Waals surface area contributed by atoms with Crippen molar-refractivity contribution in [2.24, 2.45) is 5.92 Å². The summed E-state index contributed by atoms with van der Waals surface area (Å²) in [5.74, 6) is 0.574. The molecule has 2 aromatic carbocycles. The Morgan fingerprint density at radius 2 is 1.78 bits per heavy atom. The monoisotopic (exact) mass is 304 g/mol. The van der Waals surface area contributed by atoms with Gasteiger partial charge in [-0.2, -0.15) is 0 Å². The van der Waals surface area contributed by atoms with E-state index in [1.54, 1.807) is 0 Å². The highest BCUT2D eigenvalue weighted by atomic mass is 15.0.